The van der Waals surface area contributed by atoms with Crippen molar-refractivity contribution in [3.63, 3.8) is 0 Å². The molecule has 1 aromatic carbocycles. The van der Waals surface area contributed by atoms with Crippen molar-refractivity contribution < 1.29 is 9.47 Å². The number of hydrogen-bond acceptors (Lipinski definition) is 2. The first-order valence-electron chi connectivity index (χ1n) is 7.94. The minimum absolute atomic E-state index is 0.737. The number of hydrogen-bond donors (Lipinski definition) is 0. The van der Waals surface area contributed by atoms with Gasteiger partial charge >= 0.3 is 0 Å². The molecule has 0 aromatic heterocycles. The van der Waals surface area contributed by atoms with Crippen LogP contribution in [0.3, 0.4) is 0 Å². The van der Waals surface area contributed by atoms with Crippen LogP contribution in [0.25, 0.3) is 0 Å². The van der Waals surface area contributed by atoms with E-state index in [0.717, 1.165) is 49.4 Å². The standard InChI is InChI=1S/C18H30O2/c1-15(2)9-7-13-19-17-11-5-6-12-18(17)20-14-8-10-16(3)4/h5-6,11-12,15-16H,7-10,13-14H2,1-4H3. The van der Waals surface area contributed by atoms with Crippen LogP contribution in [0.2, 0.25) is 0 Å². The van der Waals surface area contributed by atoms with Gasteiger partial charge in [0.15, 0.2) is 11.5 Å². The van der Waals surface area contributed by atoms with Gasteiger partial charge in [-0.25, -0.2) is 0 Å². The zero-order valence-electron chi connectivity index (χ0n) is 13.5. The zero-order chi connectivity index (χ0) is 14.8. The Hall–Kier alpha value is -1.18. The molecule has 0 radical (unpaired) electrons. The summed E-state index contributed by atoms with van der Waals surface area (Å²) in [5.74, 6) is 3.23. The minimum Gasteiger partial charge on any atom is -0.490 e. The summed E-state index contributed by atoms with van der Waals surface area (Å²) in [5.41, 5.74) is 0. The molecule has 0 bridgehead atoms. The lowest BCUT2D eigenvalue weighted by Gasteiger charge is -2.13. The van der Waals surface area contributed by atoms with E-state index >= 15 is 0 Å². The summed E-state index contributed by atoms with van der Waals surface area (Å²) in [6, 6.07) is 7.98. The molecular formula is C18H30O2. The Morgan fingerprint density at radius 3 is 1.50 bits per heavy atom. The highest BCUT2D eigenvalue weighted by molar-refractivity contribution is 5.39. The highest BCUT2D eigenvalue weighted by Crippen LogP contribution is 2.27. The lowest BCUT2D eigenvalue weighted by atomic mass is 10.1. The molecule has 0 aliphatic heterocycles. The quantitative estimate of drug-likeness (QED) is 0.539. The molecule has 2 heteroatoms. The fourth-order valence-corrected chi connectivity index (χ4v) is 2.04. The predicted molar refractivity (Wildman–Crippen MR) is 85.6 cm³/mol. The summed E-state index contributed by atoms with van der Waals surface area (Å²) in [5, 5.41) is 0. The molecule has 2 nitrogen and oxygen atoms in total. The van der Waals surface area contributed by atoms with Crippen LogP contribution in [0.5, 0.6) is 11.5 Å². The SMILES string of the molecule is CC(C)CCCOc1ccccc1OCCCC(C)C. The van der Waals surface area contributed by atoms with Crippen molar-refractivity contribution >= 4 is 0 Å². The molecule has 0 saturated heterocycles. The summed E-state index contributed by atoms with van der Waals surface area (Å²) in [7, 11) is 0. The van der Waals surface area contributed by atoms with E-state index in [-0.39, 0.29) is 0 Å². The summed E-state index contributed by atoms with van der Waals surface area (Å²) >= 11 is 0. The van der Waals surface area contributed by atoms with E-state index in [1.165, 1.54) is 12.8 Å². The first-order valence-corrected chi connectivity index (χ1v) is 7.94. The van der Waals surface area contributed by atoms with Gasteiger partial charge in [0.25, 0.3) is 0 Å². The van der Waals surface area contributed by atoms with Crippen LogP contribution in [-0.2, 0) is 0 Å². The molecule has 0 N–H and O–H groups in total. The third kappa shape index (κ3) is 7.42. The monoisotopic (exact) mass is 278 g/mol. The van der Waals surface area contributed by atoms with E-state index in [2.05, 4.69) is 27.7 Å². The van der Waals surface area contributed by atoms with Gasteiger partial charge in [0, 0.05) is 0 Å². The second-order valence-corrected chi connectivity index (χ2v) is 6.22. The molecule has 0 atom stereocenters. The van der Waals surface area contributed by atoms with E-state index in [0.29, 0.717) is 0 Å². The van der Waals surface area contributed by atoms with Crippen molar-refractivity contribution in [1.82, 2.24) is 0 Å². The van der Waals surface area contributed by atoms with Crippen LogP contribution in [0.15, 0.2) is 24.3 Å². The van der Waals surface area contributed by atoms with E-state index in [4.69, 9.17) is 9.47 Å². The maximum Gasteiger partial charge on any atom is 0.161 e. The van der Waals surface area contributed by atoms with Crippen LogP contribution in [0.1, 0.15) is 53.4 Å². The Balaban J connectivity index is 2.34. The Morgan fingerprint density at radius 2 is 1.15 bits per heavy atom. The van der Waals surface area contributed by atoms with Crippen molar-refractivity contribution in [2.75, 3.05) is 13.2 Å². The maximum absolute atomic E-state index is 5.84. The highest BCUT2D eigenvalue weighted by Gasteiger charge is 2.04. The van der Waals surface area contributed by atoms with Crippen LogP contribution < -0.4 is 9.47 Å². The lowest BCUT2D eigenvalue weighted by Crippen LogP contribution is -2.04. The number of rotatable bonds is 10. The summed E-state index contributed by atoms with van der Waals surface area (Å²) in [4.78, 5) is 0. The van der Waals surface area contributed by atoms with E-state index in [9.17, 15) is 0 Å². The summed E-state index contributed by atoms with van der Waals surface area (Å²) in [6.07, 6.45) is 4.60. The number of benzene rings is 1. The molecule has 1 rings (SSSR count). The molecular weight excluding hydrogens is 248 g/mol. The normalized spacial score (nSPS) is 11.1. The average molecular weight is 278 g/mol. The maximum atomic E-state index is 5.84. The van der Waals surface area contributed by atoms with Crippen LogP contribution in [0.4, 0.5) is 0 Å². The molecule has 0 saturated carbocycles. The van der Waals surface area contributed by atoms with Gasteiger partial charge in [-0.15, -0.1) is 0 Å². The molecule has 1 aromatic rings. The average Bonchev–Trinajstić information content (AvgIpc) is 2.40. The minimum atomic E-state index is 0.737. The first kappa shape index (κ1) is 16.9. The molecule has 0 spiro atoms. The van der Waals surface area contributed by atoms with Gasteiger partial charge in [-0.2, -0.15) is 0 Å². The van der Waals surface area contributed by atoms with Crippen molar-refractivity contribution in [1.29, 1.82) is 0 Å². The molecule has 0 heterocycles. The van der Waals surface area contributed by atoms with Crippen molar-refractivity contribution in [2.45, 2.75) is 53.4 Å². The fraction of sp³-hybridized carbons (Fsp3) is 0.667. The summed E-state index contributed by atoms with van der Waals surface area (Å²) < 4.78 is 11.7. The summed E-state index contributed by atoms with van der Waals surface area (Å²) in [6.45, 7) is 10.5. The van der Waals surface area contributed by atoms with Crippen LogP contribution >= 0.6 is 0 Å². The van der Waals surface area contributed by atoms with Crippen LogP contribution in [-0.4, -0.2) is 13.2 Å². The topological polar surface area (TPSA) is 18.5 Å². The van der Waals surface area contributed by atoms with Crippen molar-refractivity contribution in [3.8, 4) is 11.5 Å². The Kier molecular flexibility index (Phi) is 8.17. The Morgan fingerprint density at radius 1 is 0.750 bits per heavy atom. The molecule has 0 aliphatic rings. The zero-order valence-corrected chi connectivity index (χ0v) is 13.5. The number of para-hydroxylation sites is 2. The van der Waals surface area contributed by atoms with E-state index < -0.39 is 0 Å². The lowest BCUT2D eigenvalue weighted by molar-refractivity contribution is 0.253. The van der Waals surface area contributed by atoms with Gasteiger partial charge in [0.05, 0.1) is 13.2 Å². The smallest absolute Gasteiger partial charge is 0.161 e. The van der Waals surface area contributed by atoms with Crippen molar-refractivity contribution in [3.05, 3.63) is 24.3 Å². The second-order valence-electron chi connectivity index (χ2n) is 6.22. The highest BCUT2D eigenvalue weighted by atomic mass is 16.5. The predicted octanol–water partition coefficient (Wildman–Crippen LogP) is 5.32. The Labute approximate surface area is 124 Å². The van der Waals surface area contributed by atoms with Gasteiger partial charge in [-0.05, 0) is 49.7 Å². The van der Waals surface area contributed by atoms with Crippen LogP contribution in [0, 0.1) is 11.8 Å². The van der Waals surface area contributed by atoms with Gasteiger partial charge in [-0.3, -0.25) is 0 Å². The molecule has 20 heavy (non-hydrogen) atoms. The van der Waals surface area contributed by atoms with Crippen molar-refractivity contribution in [2.24, 2.45) is 11.8 Å². The third-order valence-electron chi connectivity index (χ3n) is 3.22. The third-order valence-corrected chi connectivity index (χ3v) is 3.22. The van der Waals surface area contributed by atoms with Gasteiger partial charge in [0.1, 0.15) is 0 Å². The molecule has 0 aliphatic carbocycles. The molecule has 114 valence electrons. The van der Waals surface area contributed by atoms with Gasteiger partial charge < -0.3 is 9.47 Å². The van der Waals surface area contributed by atoms with Gasteiger partial charge in [-0.1, -0.05) is 39.8 Å². The largest absolute Gasteiger partial charge is 0.490 e. The Bertz CT molecular complexity index is 323. The second kappa shape index (κ2) is 9.68. The fourth-order valence-electron chi connectivity index (χ4n) is 2.04. The molecule has 0 unspecified atom stereocenters. The van der Waals surface area contributed by atoms with E-state index in [1.54, 1.807) is 0 Å². The van der Waals surface area contributed by atoms with Gasteiger partial charge in [0.2, 0.25) is 0 Å². The molecule has 0 fully saturated rings. The molecule has 0 amide bonds. The first-order chi connectivity index (χ1) is 9.59. The van der Waals surface area contributed by atoms with E-state index in [1.807, 2.05) is 24.3 Å². The number of ether oxygens (including phenoxy) is 2.